The molecular weight excluding hydrogens is 260 g/mol. The molecule has 1 saturated heterocycles. The van der Waals surface area contributed by atoms with Gasteiger partial charge in [0.25, 0.3) is 5.91 Å². The molecule has 0 spiro atoms. The molecular formula is C10H9BrN2O2. The van der Waals surface area contributed by atoms with Crippen molar-refractivity contribution >= 4 is 33.6 Å². The third-order valence-electron chi connectivity index (χ3n) is 2.24. The fraction of sp³-hybridized carbons (Fsp3) is 0.200. The molecule has 0 aliphatic carbocycles. The molecule has 1 aliphatic rings. The van der Waals surface area contributed by atoms with Crippen LogP contribution in [0.25, 0.3) is 0 Å². The first kappa shape index (κ1) is 10.2. The number of halogens is 1. The molecule has 78 valence electrons. The van der Waals surface area contributed by atoms with E-state index >= 15 is 0 Å². The van der Waals surface area contributed by atoms with Gasteiger partial charge < -0.3 is 0 Å². The number of carbonyl (C=O) groups is 2. The molecule has 0 aromatic heterocycles. The zero-order valence-corrected chi connectivity index (χ0v) is 9.48. The van der Waals surface area contributed by atoms with E-state index in [4.69, 9.17) is 0 Å². The van der Waals surface area contributed by atoms with Crippen LogP contribution in [0.5, 0.6) is 0 Å². The van der Waals surface area contributed by atoms with Crippen LogP contribution >= 0.6 is 15.9 Å². The van der Waals surface area contributed by atoms with Crippen LogP contribution in [-0.2, 0) is 4.79 Å². The van der Waals surface area contributed by atoms with Gasteiger partial charge in [-0.05, 0) is 12.1 Å². The fourth-order valence-corrected chi connectivity index (χ4v) is 1.96. The molecule has 1 heterocycles. The molecule has 1 aromatic carbocycles. The Hall–Kier alpha value is -1.36. The molecule has 2 rings (SSSR count). The van der Waals surface area contributed by atoms with E-state index in [0.717, 1.165) is 5.69 Å². The number of para-hydroxylation sites is 1. The van der Waals surface area contributed by atoms with E-state index in [0.29, 0.717) is 0 Å². The zero-order chi connectivity index (χ0) is 10.8. The van der Waals surface area contributed by atoms with E-state index in [1.54, 1.807) is 0 Å². The maximum atomic E-state index is 11.7. The first-order chi connectivity index (χ1) is 7.24. The predicted octanol–water partition coefficient (Wildman–Crippen LogP) is 1.81. The third kappa shape index (κ3) is 1.74. The van der Waals surface area contributed by atoms with E-state index in [2.05, 4.69) is 15.9 Å². The lowest BCUT2D eigenvalue weighted by Gasteiger charge is -2.15. The van der Waals surface area contributed by atoms with Gasteiger partial charge in [0, 0.05) is 5.69 Å². The summed E-state index contributed by atoms with van der Waals surface area (Å²) in [6.45, 7) is 0.119. The SMILES string of the molecule is O=C1CN(c2ccccc2)C(=O)N1CBr. The number of amides is 3. The van der Waals surface area contributed by atoms with Gasteiger partial charge >= 0.3 is 6.03 Å². The number of urea groups is 1. The average molecular weight is 269 g/mol. The maximum Gasteiger partial charge on any atom is 0.332 e. The predicted molar refractivity (Wildman–Crippen MR) is 59.8 cm³/mol. The van der Waals surface area contributed by atoms with Crippen LogP contribution in [0, 0.1) is 0 Å². The molecule has 0 saturated carbocycles. The van der Waals surface area contributed by atoms with E-state index in [9.17, 15) is 9.59 Å². The Morgan fingerprint density at radius 2 is 1.87 bits per heavy atom. The van der Waals surface area contributed by atoms with Gasteiger partial charge in [-0.1, -0.05) is 34.1 Å². The molecule has 1 aromatic rings. The molecule has 3 amide bonds. The van der Waals surface area contributed by atoms with Crippen molar-refractivity contribution in [1.29, 1.82) is 0 Å². The quantitative estimate of drug-likeness (QED) is 0.466. The first-order valence-corrected chi connectivity index (χ1v) is 5.59. The van der Waals surface area contributed by atoms with Crippen LogP contribution in [0.2, 0.25) is 0 Å². The average Bonchev–Trinajstić information content (AvgIpc) is 2.55. The molecule has 0 bridgehead atoms. The summed E-state index contributed by atoms with van der Waals surface area (Å²) in [5, 5.41) is 0. The third-order valence-corrected chi connectivity index (χ3v) is 2.75. The summed E-state index contributed by atoms with van der Waals surface area (Å²) in [5.41, 5.74) is 0.993. The number of hydrogen-bond acceptors (Lipinski definition) is 2. The highest BCUT2D eigenvalue weighted by molar-refractivity contribution is 9.09. The number of benzene rings is 1. The van der Waals surface area contributed by atoms with Crippen LogP contribution < -0.4 is 4.90 Å². The largest absolute Gasteiger partial charge is 0.332 e. The minimum atomic E-state index is -0.275. The molecule has 1 aliphatic heterocycles. The van der Waals surface area contributed by atoms with E-state index in [1.807, 2.05) is 30.3 Å². The standard InChI is InChI=1S/C10H9BrN2O2/c11-7-13-9(14)6-12(10(13)15)8-4-2-1-3-5-8/h1-5H,6-7H2. The minimum Gasteiger partial charge on any atom is -0.285 e. The Bertz CT molecular complexity index is 394. The van der Waals surface area contributed by atoms with Crippen molar-refractivity contribution in [1.82, 2.24) is 4.90 Å². The van der Waals surface area contributed by atoms with Crippen LogP contribution in [0.1, 0.15) is 0 Å². The second kappa shape index (κ2) is 4.02. The summed E-state index contributed by atoms with van der Waals surface area (Å²) in [5.74, 6) is -0.180. The van der Waals surface area contributed by atoms with Gasteiger partial charge in [-0.25, -0.2) is 4.79 Å². The summed E-state index contributed by atoms with van der Waals surface area (Å²) >= 11 is 3.11. The van der Waals surface area contributed by atoms with Crippen molar-refractivity contribution in [3.05, 3.63) is 30.3 Å². The van der Waals surface area contributed by atoms with E-state index in [-0.39, 0.29) is 23.9 Å². The second-order valence-corrected chi connectivity index (χ2v) is 3.65. The van der Waals surface area contributed by atoms with Gasteiger partial charge in [-0.15, -0.1) is 0 Å². The van der Waals surface area contributed by atoms with Gasteiger partial charge in [-0.3, -0.25) is 14.6 Å². The van der Waals surface area contributed by atoms with Crippen LogP contribution in [-0.4, -0.2) is 28.8 Å². The van der Waals surface area contributed by atoms with Crippen molar-refractivity contribution in [3.8, 4) is 0 Å². The molecule has 5 heteroatoms. The highest BCUT2D eigenvalue weighted by Gasteiger charge is 2.35. The number of hydrogen-bond donors (Lipinski definition) is 0. The lowest BCUT2D eigenvalue weighted by Crippen LogP contribution is -2.31. The lowest BCUT2D eigenvalue weighted by atomic mass is 10.3. The monoisotopic (exact) mass is 268 g/mol. The van der Waals surface area contributed by atoms with Gasteiger partial charge in [-0.2, -0.15) is 0 Å². The Kier molecular flexibility index (Phi) is 2.73. The summed E-state index contributed by atoms with van der Waals surface area (Å²) in [6.07, 6.45) is 0. The highest BCUT2D eigenvalue weighted by atomic mass is 79.9. The molecule has 4 nitrogen and oxygen atoms in total. The number of alkyl halides is 1. The summed E-state index contributed by atoms with van der Waals surface area (Å²) < 4.78 is 0. The van der Waals surface area contributed by atoms with Crippen molar-refractivity contribution in [2.45, 2.75) is 0 Å². The fourth-order valence-electron chi connectivity index (χ4n) is 1.47. The number of anilines is 1. The summed E-state index contributed by atoms with van der Waals surface area (Å²) in [7, 11) is 0. The van der Waals surface area contributed by atoms with E-state index < -0.39 is 0 Å². The van der Waals surface area contributed by atoms with Gasteiger partial charge in [0.2, 0.25) is 0 Å². The Balaban J connectivity index is 2.27. The molecule has 0 atom stereocenters. The minimum absolute atomic E-state index is 0.119. The molecule has 0 N–H and O–H groups in total. The first-order valence-electron chi connectivity index (χ1n) is 4.47. The van der Waals surface area contributed by atoms with Crippen molar-refractivity contribution < 1.29 is 9.59 Å². The number of nitrogens with zero attached hydrogens (tertiary/aromatic N) is 2. The topological polar surface area (TPSA) is 40.6 Å². The molecule has 15 heavy (non-hydrogen) atoms. The summed E-state index contributed by atoms with van der Waals surface area (Å²) in [4.78, 5) is 25.8. The van der Waals surface area contributed by atoms with Crippen LogP contribution in [0.15, 0.2) is 30.3 Å². The lowest BCUT2D eigenvalue weighted by molar-refractivity contribution is -0.124. The number of carbonyl (C=O) groups excluding carboxylic acids is 2. The Labute approximate surface area is 95.6 Å². The number of rotatable bonds is 2. The normalized spacial score (nSPS) is 16.3. The van der Waals surface area contributed by atoms with Crippen molar-refractivity contribution in [2.24, 2.45) is 0 Å². The zero-order valence-electron chi connectivity index (χ0n) is 7.89. The molecule has 0 radical (unpaired) electrons. The Morgan fingerprint density at radius 3 is 2.40 bits per heavy atom. The van der Waals surface area contributed by atoms with Gasteiger partial charge in [0.1, 0.15) is 6.54 Å². The van der Waals surface area contributed by atoms with Crippen LogP contribution in [0.3, 0.4) is 0 Å². The highest BCUT2D eigenvalue weighted by Crippen LogP contribution is 2.20. The second-order valence-electron chi connectivity index (χ2n) is 3.15. The summed E-state index contributed by atoms with van der Waals surface area (Å²) in [6, 6.07) is 8.89. The molecule has 1 fully saturated rings. The van der Waals surface area contributed by atoms with Crippen molar-refractivity contribution in [2.75, 3.05) is 16.9 Å². The maximum absolute atomic E-state index is 11.7. The van der Waals surface area contributed by atoms with Gasteiger partial charge in [0.15, 0.2) is 0 Å². The Morgan fingerprint density at radius 1 is 1.20 bits per heavy atom. The number of imide groups is 1. The smallest absolute Gasteiger partial charge is 0.285 e. The van der Waals surface area contributed by atoms with E-state index in [1.165, 1.54) is 9.80 Å². The van der Waals surface area contributed by atoms with Crippen LogP contribution in [0.4, 0.5) is 10.5 Å². The molecule has 0 unspecified atom stereocenters. The van der Waals surface area contributed by atoms with Crippen molar-refractivity contribution in [3.63, 3.8) is 0 Å². The van der Waals surface area contributed by atoms with Gasteiger partial charge in [0.05, 0.1) is 5.45 Å².